The van der Waals surface area contributed by atoms with Crippen LogP contribution in [-0.4, -0.2) is 70.9 Å². The van der Waals surface area contributed by atoms with Crippen molar-refractivity contribution in [2.45, 2.75) is 83.4 Å². The van der Waals surface area contributed by atoms with Crippen LogP contribution in [-0.2, 0) is 19.7 Å². The van der Waals surface area contributed by atoms with Crippen LogP contribution in [0.4, 0.5) is 16.6 Å². The summed E-state index contributed by atoms with van der Waals surface area (Å²) in [5, 5.41) is 20.3. The normalized spacial score (nSPS) is 18.9. The van der Waals surface area contributed by atoms with E-state index in [0.29, 0.717) is 41.2 Å². The van der Waals surface area contributed by atoms with E-state index in [1.165, 1.54) is 6.42 Å². The Morgan fingerprint density at radius 2 is 1.76 bits per heavy atom. The van der Waals surface area contributed by atoms with Crippen LogP contribution in [0.15, 0.2) is 66.9 Å². The highest BCUT2D eigenvalue weighted by Crippen LogP contribution is 2.39. The van der Waals surface area contributed by atoms with Crippen LogP contribution in [0.2, 0.25) is 5.02 Å². The second-order valence-corrected chi connectivity index (χ2v) is 17.3. The van der Waals surface area contributed by atoms with Gasteiger partial charge in [0.05, 0.1) is 29.9 Å². The van der Waals surface area contributed by atoms with Gasteiger partial charge in [-0.2, -0.15) is 13.5 Å². The molecule has 1 aliphatic carbocycles. The van der Waals surface area contributed by atoms with Gasteiger partial charge in [0, 0.05) is 35.2 Å². The summed E-state index contributed by atoms with van der Waals surface area (Å²) in [6.45, 7) is 9.12. The number of carbonyl (C=O) groups excluding carboxylic acids is 1. The number of benzene rings is 2. The summed E-state index contributed by atoms with van der Waals surface area (Å²) in [6.07, 6.45) is 7.57. The molecular formula is C39H47ClN8O6S. The number of rotatable bonds is 11. The molecule has 14 nitrogen and oxygen atoms in total. The SMILES string of the molecule is C[C@H]1CCCCN1c1nnc2ccc(O[C@@H]3CC[C@H](NC(=O)Nc4cc(C(C)(C)C)nn4-c4cc(Cl)cc(OCCOS(C)(=O)=O)c4)c4ccccc43)cn12. The average molecular weight is 791 g/mol. The predicted octanol–water partition coefficient (Wildman–Crippen LogP) is 7.38. The summed E-state index contributed by atoms with van der Waals surface area (Å²) in [7, 11) is -3.60. The second-order valence-electron chi connectivity index (χ2n) is 15.2. The molecule has 0 bridgehead atoms. The molecule has 1 aliphatic heterocycles. The van der Waals surface area contributed by atoms with E-state index in [2.05, 4.69) is 38.7 Å². The zero-order valence-electron chi connectivity index (χ0n) is 31.7. The molecule has 55 heavy (non-hydrogen) atoms. The lowest BCUT2D eigenvalue weighted by Gasteiger charge is -2.33. The molecule has 0 saturated carbocycles. The van der Waals surface area contributed by atoms with Crippen molar-refractivity contribution in [3.8, 4) is 17.2 Å². The summed E-state index contributed by atoms with van der Waals surface area (Å²) in [5.41, 5.74) is 3.74. The fraction of sp³-hybridized carbons (Fsp3) is 0.436. The van der Waals surface area contributed by atoms with Crippen LogP contribution in [0, 0.1) is 0 Å². The van der Waals surface area contributed by atoms with Gasteiger partial charge in [0.2, 0.25) is 5.95 Å². The molecule has 16 heteroatoms. The Balaban J connectivity index is 1.07. The first-order chi connectivity index (χ1) is 26.2. The number of urea groups is 1. The Bertz CT molecular complexity index is 2290. The number of carbonyl (C=O) groups is 1. The largest absolute Gasteiger partial charge is 0.491 e. The molecule has 2 N–H and O–H groups in total. The van der Waals surface area contributed by atoms with Crippen LogP contribution in [0.5, 0.6) is 11.5 Å². The lowest BCUT2D eigenvalue weighted by molar-refractivity contribution is 0.171. The summed E-state index contributed by atoms with van der Waals surface area (Å²) in [6, 6.07) is 18.5. The minimum atomic E-state index is -3.60. The molecule has 5 aromatic rings. The van der Waals surface area contributed by atoms with Gasteiger partial charge in [-0.1, -0.05) is 56.6 Å². The van der Waals surface area contributed by atoms with Crippen molar-refractivity contribution in [2.75, 3.05) is 36.2 Å². The highest BCUT2D eigenvalue weighted by atomic mass is 35.5. The molecule has 2 aliphatic rings. The lowest BCUT2D eigenvalue weighted by atomic mass is 9.85. The van der Waals surface area contributed by atoms with E-state index in [1.54, 1.807) is 22.9 Å². The molecule has 1 fully saturated rings. The predicted molar refractivity (Wildman–Crippen MR) is 211 cm³/mol. The van der Waals surface area contributed by atoms with Gasteiger partial charge in [0.1, 0.15) is 36.6 Å². The Kier molecular flexibility index (Phi) is 11.0. The van der Waals surface area contributed by atoms with E-state index in [9.17, 15) is 13.2 Å². The zero-order chi connectivity index (χ0) is 38.9. The molecule has 1 saturated heterocycles. The van der Waals surface area contributed by atoms with Gasteiger partial charge in [-0.3, -0.25) is 13.9 Å². The third kappa shape index (κ3) is 9.00. The van der Waals surface area contributed by atoms with Gasteiger partial charge >= 0.3 is 6.03 Å². The number of ether oxygens (including phenoxy) is 2. The molecule has 2 amide bonds. The molecule has 0 radical (unpaired) electrons. The molecule has 7 rings (SSSR count). The first kappa shape index (κ1) is 38.4. The molecule has 0 spiro atoms. The van der Waals surface area contributed by atoms with Crippen molar-refractivity contribution in [3.05, 3.63) is 88.7 Å². The number of piperidine rings is 1. The maximum atomic E-state index is 13.8. The number of nitrogens with zero attached hydrogens (tertiary/aromatic N) is 6. The van der Waals surface area contributed by atoms with Gasteiger partial charge in [-0.15, -0.1) is 10.2 Å². The fourth-order valence-electron chi connectivity index (χ4n) is 7.15. The summed E-state index contributed by atoms with van der Waals surface area (Å²) < 4.78 is 43.5. The Labute approximate surface area is 326 Å². The number of nitrogens with one attached hydrogen (secondary N) is 2. The number of aromatic nitrogens is 5. The Hall–Kier alpha value is -4.86. The minimum absolute atomic E-state index is 0.0161. The van der Waals surface area contributed by atoms with E-state index in [0.717, 1.165) is 59.8 Å². The van der Waals surface area contributed by atoms with E-state index >= 15 is 0 Å². The van der Waals surface area contributed by atoms with Crippen molar-refractivity contribution >= 4 is 45.2 Å². The number of anilines is 2. The monoisotopic (exact) mass is 790 g/mol. The number of amides is 2. The van der Waals surface area contributed by atoms with Crippen LogP contribution < -0.4 is 25.0 Å². The van der Waals surface area contributed by atoms with Gasteiger partial charge in [-0.25, -0.2) is 9.48 Å². The molecule has 2 aromatic carbocycles. The van der Waals surface area contributed by atoms with Crippen molar-refractivity contribution in [1.82, 2.24) is 29.7 Å². The first-order valence-corrected chi connectivity index (χ1v) is 20.7. The van der Waals surface area contributed by atoms with Crippen LogP contribution in [0.3, 0.4) is 0 Å². The van der Waals surface area contributed by atoms with Crippen LogP contribution >= 0.6 is 11.6 Å². The van der Waals surface area contributed by atoms with Gasteiger partial charge in [0.15, 0.2) is 5.65 Å². The fourth-order valence-corrected chi connectivity index (χ4v) is 7.74. The van der Waals surface area contributed by atoms with Gasteiger partial charge in [0.25, 0.3) is 10.1 Å². The van der Waals surface area contributed by atoms with E-state index in [4.69, 9.17) is 30.4 Å². The Morgan fingerprint density at radius 1 is 0.964 bits per heavy atom. The zero-order valence-corrected chi connectivity index (χ0v) is 33.2. The third-order valence-electron chi connectivity index (χ3n) is 9.91. The highest BCUT2D eigenvalue weighted by Gasteiger charge is 2.31. The van der Waals surface area contributed by atoms with Crippen LogP contribution in [0.25, 0.3) is 11.3 Å². The molecule has 3 aromatic heterocycles. The number of pyridine rings is 1. The molecule has 3 atom stereocenters. The standard InChI is InChI=1S/C39H47ClN8O6S/c1-25-10-8-9-17-46(25)38-44-43-35-16-13-28(24-47(35)38)54-33-15-14-32(30-11-6-7-12-31(30)33)41-37(49)42-36-23-34(39(2,3)4)45-48(36)27-20-26(40)21-29(22-27)52-18-19-53-55(5,50)51/h6-7,11-13,16,20-25,32-33H,8-10,14-15,17-19H2,1-5H3,(H2,41,42,49)/t25-,32-,33+/m0/s1. The topological polar surface area (TPSA) is 154 Å². The maximum Gasteiger partial charge on any atom is 0.320 e. The summed E-state index contributed by atoms with van der Waals surface area (Å²) in [5.74, 6) is 2.38. The summed E-state index contributed by atoms with van der Waals surface area (Å²) >= 11 is 6.48. The van der Waals surface area contributed by atoms with Crippen molar-refractivity contribution in [1.29, 1.82) is 0 Å². The molecule has 4 heterocycles. The number of halogens is 1. The third-order valence-corrected chi connectivity index (χ3v) is 10.7. The molecule has 292 valence electrons. The van der Waals surface area contributed by atoms with E-state index in [-0.39, 0.29) is 30.8 Å². The second kappa shape index (κ2) is 15.7. The van der Waals surface area contributed by atoms with Crippen molar-refractivity contribution in [3.63, 3.8) is 0 Å². The lowest BCUT2D eigenvalue weighted by Crippen LogP contribution is -2.38. The van der Waals surface area contributed by atoms with Gasteiger partial charge < -0.3 is 19.7 Å². The quantitative estimate of drug-likeness (QED) is 0.102. The number of hydrogen-bond donors (Lipinski definition) is 2. The number of hydrogen-bond acceptors (Lipinski definition) is 10. The van der Waals surface area contributed by atoms with Crippen molar-refractivity contribution < 1.29 is 26.9 Å². The molecule has 0 unspecified atom stereocenters. The average Bonchev–Trinajstić information content (AvgIpc) is 3.75. The number of fused-ring (bicyclic) bond motifs is 2. The van der Waals surface area contributed by atoms with Gasteiger partial charge in [-0.05, 0) is 74.4 Å². The summed E-state index contributed by atoms with van der Waals surface area (Å²) in [4.78, 5) is 16.1. The Morgan fingerprint density at radius 3 is 2.53 bits per heavy atom. The minimum Gasteiger partial charge on any atom is -0.491 e. The first-order valence-electron chi connectivity index (χ1n) is 18.5. The van der Waals surface area contributed by atoms with E-state index in [1.807, 2.05) is 67.8 Å². The highest BCUT2D eigenvalue weighted by molar-refractivity contribution is 7.85. The smallest absolute Gasteiger partial charge is 0.320 e. The van der Waals surface area contributed by atoms with Crippen LogP contribution in [0.1, 0.15) is 88.8 Å². The van der Waals surface area contributed by atoms with Crippen molar-refractivity contribution in [2.24, 2.45) is 0 Å². The van der Waals surface area contributed by atoms with E-state index < -0.39 is 16.1 Å². The molecular weight excluding hydrogens is 744 g/mol. The maximum absolute atomic E-state index is 13.8.